The molecule has 106 valence electrons. The summed E-state index contributed by atoms with van der Waals surface area (Å²) >= 11 is 0. The Bertz CT molecular complexity index is 717. The average molecular weight is 281 g/mol. The maximum atomic E-state index is 12.3. The van der Waals surface area contributed by atoms with Crippen LogP contribution >= 0.6 is 0 Å². The third kappa shape index (κ3) is 2.86. The number of carbonyl (C=O) groups is 1. The fraction of sp³-hybridized carbons (Fsp3) is 0.125. The Hall–Kier alpha value is -2.82. The molecular formula is C16H15N3O2. The van der Waals surface area contributed by atoms with E-state index in [1.54, 1.807) is 41.4 Å². The summed E-state index contributed by atoms with van der Waals surface area (Å²) in [6.07, 6.45) is 4.91. The lowest BCUT2D eigenvalue weighted by Gasteiger charge is -2.14. The minimum atomic E-state index is -0.0893. The number of hydrogen-bond donors (Lipinski definition) is 0. The molecule has 0 saturated carbocycles. The van der Waals surface area contributed by atoms with Gasteiger partial charge in [-0.25, -0.2) is 4.68 Å². The number of amides is 1. The molecule has 0 aliphatic heterocycles. The summed E-state index contributed by atoms with van der Waals surface area (Å²) in [6, 6.07) is 13.3. The van der Waals surface area contributed by atoms with Gasteiger partial charge in [-0.15, -0.1) is 0 Å². The number of para-hydroxylation sites is 1. The van der Waals surface area contributed by atoms with Crippen molar-refractivity contribution < 1.29 is 9.21 Å². The van der Waals surface area contributed by atoms with Gasteiger partial charge in [-0.1, -0.05) is 18.2 Å². The van der Waals surface area contributed by atoms with E-state index < -0.39 is 0 Å². The van der Waals surface area contributed by atoms with E-state index in [2.05, 4.69) is 5.10 Å². The number of carbonyl (C=O) groups excluding carboxylic acids is 1. The summed E-state index contributed by atoms with van der Waals surface area (Å²) in [6.45, 7) is 0.433. The monoisotopic (exact) mass is 281 g/mol. The summed E-state index contributed by atoms with van der Waals surface area (Å²) in [7, 11) is 1.74. The highest BCUT2D eigenvalue weighted by Gasteiger charge is 2.15. The standard InChI is InChI=1S/C16H15N3O2/c1-18(12-15-8-5-9-21-15)16(20)13-10-17-19(11-13)14-6-3-2-4-7-14/h2-11H,12H2,1H3. The third-order valence-corrected chi connectivity index (χ3v) is 3.17. The van der Waals surface area contributed by atoms with Crippen molar-refractivity contribution >= 4 is 5.91 Å². The average Bonchev–Trinajstić information content (AvgIpc) is 3.18. The molecule has 5 nitrogen and oxygen atoms in total. The lowest BCUT2D eigenvalue weighted by Crippen LogP contribution is -2.25. The van der Waals surface area contributed by atoms with Crippen molar-refractivity contribution in [1.82, 2.24) is 14.7 Å². The molecule has 3 rings (SSSR count). The number of benzene rings is 1. The van der Waals surface area contributed by atoms with Gasteiger partial charge >= 0.3 is 0 Å². The molecule has 2 heterocycles. The van der Waals surface area contributed by atoms with E-state index >= 15 is 0 Å². The highest BCUT2D eigenvalue weighted by Crippen LogP contribution is 2.11. The van der Waals surface area contributed by atoms with Crippen LogP contribution in [0.4, 0.5) is 0 Å². The van der Waals surface area contributed by atoms with Crippen molar-refractivity contribution in [3.63, 3.8) is 0 Å². The van der Waals surface area contributed by atoms with Crippen LogP contribution < -0.4 is 0 Å². The van der Waals surface area contributed by atoms with Gasteiger partial charge in [-0.05, 0) is 24.3 Å². The van der Waals surface area contributed by atoms with Crippen molar-refractivity contribution in [3.05, 3.63) is 72.4 Å². The number of hydrogen-bond acceptors (Lipinski definition) is 3. The Morgan fingerprint density at radius 1 is 1.24 bits per heavy atom. The maximum Gasteiger partial charge on any atom is 0.257 e. The fourth-order valence-electron chi connectivity index (χ4n) is 2.08. The predicted octanol–water partition coefficient (Wildman–Crippen LogP) is 2.74. The van der Waals surface area contributed by atoms with Gasteiger partial charge in [-0.3, -0.25) is 4.79 Å². The predicted molar refractivity (Wildman–Crippen MR) is 78.1 cm³/mol. The molecule has 2 aromatic heterocycles. The van der Waals surface area contributed by atoms with E-state index in [0.29, 0.717) is 12.1 Å². The van der Waals surface area contributed by atoms with Crippen LogP contribution in [0.1, 0.15) is 16.1 Å². The molecular weight excluding hydrogens is 266 g/mol. The van der Waals surface area contributed by atoms with Crippen LogP contribution in [0, 0.1) is 0 Å². The van der Waals surface area contributed by atoms with Crippen molar-refractivity contribution in [3.8, 4) is 5.69 Å². The summed E-state index contributed by atoms with van der Waals surface area (Å²) in [5, 5.41) is 4.23. The molecule has 0 atom stereocenters. The number of aromatic nitrogens is 2. The molecule has 0 saturated heterocycles. The van der Waals surface area contributed by atoms with Crippen molar-refractivity contribution in [1.29, 1.82) is 0 Å². The first-order valence-electron chi connectivity index (χ1n) is 6.62. The van der Waals surface area contributed by atoms with Gasteiger partial charge in [-0.2, -0.15) is 5.10 Å². The van der Waals surface area contributed by atoms with Gasteiger partial charge in [0.2, 0.25) is 0 Å². The zero-order valence-corrected chi connectivity index (χ0v) is 11.6. The fourth-order valence-corrected chi connectivity index (χ4v) is 2.08. The Kier molecular flexibility index (Phi) is 3.55. The quantitative estimate of drug-likeness (QED) is 0.739. The van der Waals surface area contributed by atoms with Gasteiger partial charge in [0.15, 0.2) is 0 Å². The first-order valence-corrected chi connectivity index (χ1v) is 6.62. The highest BCUT2D eigenvalue weighted by atomic mass is 16.3. The smallest absolute Gasteiger partial charge is 0.257 e. The molecule has 0 unspecified atom stereocenters. The van der Waals surface area contributed by atoms with E-state index in [9.17, 15) is 4.79 Å². The highest BCUT2D eigenvalue weighted by molar-refractivity contribution is 5.93. The molecule has 1 aromatic carbocycles. The van der Waals surface area contributed by atoms with Crippen LogP contribution in [-0.2, 0) is 6.54 Å². The van der Waals surface area contributed by atoms with Crippen LogP contribution in [0.25, 0.3) is 5.69 Å². The lowest BCUT2D eigenvalue weighted by atomic mass is 10.3. The number of rotatable bonds is 4. The number of furan rings is 1. The normalized spacial score (nSPS) is 10.5. The molecule has 5 heteroatoms. The topological polar surface area (TPSA) is 51.3 Å². The Morgan fingerprint density at radius 2 is 2.05 bits per heavy atom. The second-order valence-corrected chi connectivity index (χ2v) is 4.75. The van der Waals surface area contributed by atoms with Gasteiger partial charge in [0.25, 0.3) is 5.91 Å². The second-order valence-electron chi connectivity index (χ2n) is 4.75. The molecule has 0 spiro atoms. The van der Waals surface area contributed by atoms with Crippen molar-refractivity contribution in [2.24, 2.45) is 0 Å². The summed E-state index contributed by atoms with van der Waals surface area (Å²) in [5.74, 6) is 0.662. The zero-order valence-electron chi connectivity index (χ0n) is 11.6. The van der Waals surface area contributed by atoms with E-state index in [1.165, 1.54) is 0 Å². The maximum absolute atomic E-state index is 12.3. The van der Waals surface area contributed by atoms with Crippen LogP contribution in [0.3, 0.4) is 0 Å². The van der Waals surface area contributed by atoms with Gasteiger partial charge in [0.05, 0.1) is 30.3 Å². The molecule has 0 aliphatic carbocycles. The van der Waals surface area contributed by atoms with Gasteiger partial charge in [0, 0.05) is 13.2 Å². The summed E-state index contributed by atoms with van der Waals surface area (Å²) < 4.78 is 6.94. The van der Waals surface area contributed by atoms with Crippen LogP contribution in [-0.4, -0.2) is 27.6 Å². The van der Waals surface area contributed by atoms with Crippen LogP contribution in [0.5, 0.6) is 0 Å². The first-order chi connectivity index (χ1) is 10.2. The zero-order chi connectivity index (χ0) is 14.7. The van der Waals surface area contributed by atoms with Crippen molar-refractivity contribution in [2.75, 3.05) is 7.05 Å². The summed E-state index contributed by atoms with van der Waals surface area (Å²) in [4.78, 5) is 13.9. The van der Waals surface area contributed by atoms with E-state index in [-0.39, 0.29) is 5.91 Å². The SMILES string of the molecule is CN(Cc1ccco1)C(=O)c1cnn(-c2ccccc2)c1. The van der Waals surface area contributed by atoms with Crippen LogP contribution in [0.15, 0.2) is 65.5 Å². The Labute approximate surface area is 122 Å². The largest absolute Gasteiger partial charge is 0.467 e. The van der Waals surface area contributed by atoms with Crippen LogP contribution in [0.2, 0.25) is 0 Å². The Balaban J connectivity index is 1.75. The second kappa shape index (κ2) is 5.66. The molecule has 0 N–H and O–H groups in total. The minimum Gasteiger partial charge on any atom is -0.467 e. The van der Waals surface area contributed by atoms with E-state index in [4.69, 9.17) is 4.42 Å². The molecule has 0 bridgehead atoms. The lowest BCUT2D eigenvalue weighted by molar-refractivity contribution is 0.0775. The van der Waals surface area contributed by atoms with E-state index in [0.717, 1.165) is 11.4 Å². The van der Waals surface area contributed by atoms with Gasteiger partial charge < -0.3 is 9.32 Å². The van der Waals surface area contributed by atoms with Crippen molar-refractivity contribution in [2.45, 2.75) is 6.54 Å². The molecule has 1 amide bonds. The molecule has 21 heavy (non-hydrogen) atoms. The molecule has 0 fully saturated rings. The number of nitrogens with zero attached hydrogens (tertiary/aromatic N) is 3. The molecule has 3 aromatic rings. The Morgan fingerprint density at radius 3 is 2.76 bits per heavy atom. The molecule has 0 radical (unpaired) electrons. The summed E-state index contributed by atoms with van der Waals surface area (Å²) in [5.41, 5.74) is 1.47. The molecule has 0 aliphatic rings. The minimum absolute atomic E-state index is 0.0893. The van der Waals surface area contributed by atoms with Gasteiger partial charge in [0.1, 0.15) is 5.76 Å². The third-order valence-electron chi connectivity index (χ3n) is 3.17. The van der Waals surface area contributed by atoms with E-state index in [1.807, 2.05) is 36.4 Å². The first kappa shape index (κ1) is 13.2.